The van der Waals surface area contributed by atoms with Crippen molar-refractivity contribution in [2.75, 3.05) is 45.5 Å². The molecule has 1 aliphatic rings. The first-order valence-electron chi connectivity index (χ1n) is 8.38. The van der Waals surface area contributed by atoms with Gasteiger partial charge in [-0.05, 0) is 27.2 Å². The standard InChI is InChI=1S/C16H27NO5.C3H3Br.Na.H/c1-6-9-20-11-13-7-8-17(10-14(13)21-12-19-5)15(18)22-16(2,3)4;1-2-3-4;;/h1,13-14H,7-12H2,2-5H3;1H,3H2;;/q;;+1;-1. The Morgan fingerprint density at radius 3 is 2.44 bits per heavy atom. The van der Waals surface area contributed by atoms with Crippen molar-refractivity contribution < 1.29 is 54.7 Å². The number of methoxy groups -OCH3 is 1. The van der Waals surface area contributed by atoms with Crippen LogP contribution in [-0.4, -0.2) is 68.2 Å². The van der Waals surface area contributed by atoms with Gasteiger partial charge in [-0.15, -0.1) is 12.8 Å². The van der Waals surface area contributed by atoms with Crippen LogP contribution in [0.3, 0.4) is 0 Å². The number of piperidine rings is 1. The summed E-state index contributed by atoms with van der Waals surface area (Å²) < 4.78 is 21.5. The number of likely N-dealkylation sites (tertiary alicyclic amines) is 1. The topological polar surface area (TPSA) is 57.2 Å². The third-order valence-corrected chi connectivity index (χ3v) is 3.67. The zero-order valence-corrected chi connectivity index (χ0v) is 20.7. The van der Waals surface area contributed by atoms with Gasteiger partial charge < -0.3 is 25.3 Å². The maximum absolute atomic E-state index is 12.2. The fraction of sp³-hybridized carbons (Fsp3) is 0.737. The van der Waals surface area contributed by atoms with Crippen molar-refractivity contribution in [1.82, 2.24) is 4.90 Å². The number of rotatable bonds is 6. The zero-order chi connectivity index (χ0) is 20.0. The molecule has 0 aromatic heterocycles. The smallest absolute Gasteiger partial charge is 1.00 e. The fourth-order valence-electron chi connectivity index (χ4n) is 2.26. The number of ether oxygens (including phenoxy) is 4. The quantitative estimate of drug-likeness (QED) is 0.185. The molecule has 1 amide bonds. The molecule has 27 heavy (non-hydrogen) atoms. The molecule has 0 aromatic rings. The zero-order valence-electron chi connectivity index (χ0n) is 18.1. The van der Waals surface area contributed by atoms with Crippen LogP contribution in [0.5, 0.6) is 0 Å². The average molecular weight is 456 g/mol. The van der Waals surface area contributed by atoms with Gasteiger partial charge in [-0.2, -0.15) is 0 Å². The average Bonchev–Trinajstić information content (AvgIpc) is 2.59. The Morgan fingerprint density at radius 1 is 1.33 bits per heavy atom. The minimum atomic E-state index is -0.507. The molecule has 1 fully saturated rings. The molecular formula is C19H31BrNNaO5. The molecule has 0 aromatic carbocycles. The predicted molar refractivity (Wildman–Crippen MR) is 106 cm³/mol. The number of hydrogen-bond acceptors (Lipinski definition) is 5. The van der Waals surface area contributed by atoms with E-state index in [0.29, 0.717) is 25.0 Å². The molecule has 2 unspecified atom stereocenters. The molecule has 0 radical (unpaired) electrons. The van der Waals surface area contributed by atoms with Gasteiger partial charge in [-0.1, -0.05) is 27.8 Å². The largest absolute Gasteiger partial charge is 1.00 e. The SMILES string of the molecule is C#CCBr.C#CCOCC1CCN(C(=O)OC(C)(C)C)CC1OCOC.[H-].[Na+]. The van der Waals surface area contributed by atoms with Crippen LogP contribution >= 0.6 is 15.9 Å². The first kappa shape index (κ1) is 29.0. The van der Waals surface area contributed by atoms with E-state index < -0.39 is 5.60 Å². The van der Waals surface area contributed by atoms with Crippen LogP contribution in [0.25, 0.3) is 0 Å². The van der Waals surface area contributed by atoms with E-state index in [1.54, 1.807) is 12.0 Å². The van der Waals surface area contributed by atoms with Crippen LogP contribution in [0, 0.1) is 30.6 Å². The van der Waals surface area contributed by atoms with Crippen molar-refractivity contribution in [3.05, 3.63) is 0 Å². The van der Waals surface area contributed by atoms with E-state index >= 15 is 0 Å². The molecule has 1 rings (SSSR count). The number of amides is 1. The molecule has 0 spiro atoms. The molecule has 150 valence electrons. The fourth-order valence-corrected chi connectivity index (χ4v) is 2.26. The Bertz CT molecular complexity index is 490. The third kappa shape index (κ3) is 14.4. The molecule has 1 heterocycles. The van der Waals surface area contributed by atoms with Gasteiger partial charge in [0, 0.05) is 19.6 Å². The summed E-state index contributed by atoms with van der Waals surface area (Å²) in [4.78, 5) is 13.8. The molecule has 1 saturated heterocycles. The van der Waals surface area contributed by atoms with Crippen LogP contribution in [0.4, 0.5) is 4.79 Å². The van der Waals surface area contributed by atoms with Gasteiger partial charge in [-0.25, -0.2) is 4.79 Å². The molecule has 8 heteroatoms. The Balaban J connectivity index is -0.000000948. The Kier molecular flexibility index (Phi) is 17.9. The van der Waals surface area contributed by atoms with E-state index in [4.69, 9.17) is 31.8 Å². The van der Waals surface area contributed by atoms with Gasteiger partial charge in [0.15, 0.2) is 0 Å². The van der Waals surface area contributed by atoms with Gasteiger partial charge in [0.05, 0.1) is 24.6 Å². The summed E-state index contributed by atoms with van der Waals surface area (Å²) in [6.45, 7) is 7.61. The van der Waals surface area contributed by atoms with Gasteiger partial charge in [0.1, 0.15) is 19.0 Å². The van der Waals surface area contributed by atoms with E-state index in [1.807, 2.05) is 20.8 Å². The van der Waals surface area contributed by atoms with Crippen molar-refractivity contribution in [2.24, 2.45) is 5.92 Å². The summed E-state index contributed by atoms with van der Waals surface area (Å²) in [5.74, 6) is 4.98. The van der Waals surface area contributed by atoms with Gasteiger partial charge >= 0.3 is 35.7 Å². The summed E-state index contributed by atoms with van der Waals surface area (Å²) in [7, 11) is 1.57. The Labute approximate surface area is 195 Å². The number of nitrogens with zero attached hydrogens (tertiary/aromatic N) is 1. The minimum absolute atomic E-state index is 0. The monoisotopic (exact) mass is 455 g/mol. The second kappa shape index (κ2) is 16.7. The summed E-state index contributed by atoms with van der Waals surface area (Å²) >= 11 is 3.01. The van der Waals surface area contributed by atoms with Crippen molar-refractivity contribution in [3.8, 4) is 24.7 Å². The summed E-state index contributed by atoms with van der Waals surface area (Å²) in [5.41, 5.74) is -0.507. The number of halogens is 1. The molecule has 0 N–H and O–H groups in total. The molecular weight excluding hydrogens is 425 g/mol. The minimum Gasteiger partial charge on any atom is -1.00 e. The molecule has 0 saturated carbocycles. The molecule has 0 bridgehead atoms. The van der Waals surface area contributed by atoms with E-state index in [1.165, 1.54) is 0 Å². The van der Waals surface area contributed by atoms with Gasteiger partial charge in [-0.3, -0.25) is 0 Å². The first-order chi connectivity index (χ1) is 12.3. The van der Waals surface area contributed by atoms with Crippen molar-refractivity contribution in [1.29, 1.82) is 0 Å². The van der Waals surface area contributed by atoms with E-state index in [0.717, 1.165) is 6.42 Å². The van der Waals surface area contributed by atoms with E-state index in [9.17, 15) is 4.79 Å². The van der Waals surface area contributed by atoms with Crippen LogP contribution < -0.4 is 29.6 Å². The van der Waals surface area contributed by atoms with Crippen LogP contribution in [0.1, 0.15) is 28.6 Å². The summed E-state index contributed by atoms with van der Waals surface area (Å²) in [6, 6.07) is 0. The Morgan fingerprint density at radius 2 is 1.96 bits per heavy atom. The molecule has 0 aliphatic carbocycles. The van der Waals surface area contributed by atoms with E-state index in [2.05, 4.69) is 27.8 Å². The van der Waals surface area contributed by atoms with Gasteiger partial charge in [0.25, 0.3) is 0 Å². The molecule has 2 atom stereocenters. The number of terminal acetylenes is 2. The van der Waals surface area contributed by atoms with Crippen LogP contribution in [-0.2, 0) is 18.9 Å². The maximum atomic E-state index is 12.2. The van der Waals surface area contributed by atoms with Crippen molar-refractivity contribution in [2.45, 2.75) is 38.9 Å². The van der Waals surface area contributed by atoms with Crippen molar-refractivity contribution in [3.63, 3.8) is 0 Å². The van der Waals surface area contributed by atoms with Crippen LogP contribution in [0.15, 0.2) is 0 Å². The van der Waals surface area contributed by atoms with Gasteiger partial charge in [0.2, 0.25) is 0 Å². The summed E-state index contributed by atoms with van der Waals surface area (Å²) in [5, 5.41) is 0.660. The maximum Gasteiger partial charge on any atom is 1.00 e. The summed E-state index contributed by atoms with van der Waals surface area (Å²) in [6.07, 6.45) is 10.2. The number of carbonyl (C=O) groups excluding carboxylic acids is 1. The molecule has 6 nitrogen and oxygen atoms in total. The predicted octanol–water partition coefficient (Wildman–Crippen LogP) is 0.0133. The number of hydrogen-bond donors (Lipinski definition) is 0. The number of carbonyl (C=O) groups is 1. The normalized spacial score (nSPS) is 18.9. The Hall–Kier alpha value is -0.250. The van der Waals surface area contributed by atoms with Crippen LogP contribution in [0.2, 0.25) is 0 Å². The van der Waals surface area contributed by atoms with E-state index in [-0.39, 0.29) is 62.5 Å². The molecule has 1 aliphatic heterocycles. The third-order valence-electron chi connectivity index (χ3n) is 3.34. The second-order valence-corrected chi connectivity index (χ2v) is 7.20. The second-order valence-electron chi connectivity index (χ2n) is 6.64. The van der Waals surface area contributed by atoms with Crippen molar-refractivity contribution >= 4 is 22.0 Å². The first-order valence-corrected chi connectivity index (χ1v) is 9.50. The number of alkyl halides is 1.